The number of esters is 1. The molecule has 8 heteroatoms. The second kappa shape index (κ2) is 6.51. The summed E-state index contributed by atoms with van der Waals surface area (Å²) >= 11 is 0. The Bertz CT molecular complexity index is 1270. The summed E-state index contributed by atoms with van der Waals surface area (Å²) in [4.78, 5) is 36.5. The Morgan fingerprint density at radius 3 is 2.55 bits per heavy atom. The van der Waals surface area contributed by atoms with E-state index in [1.807, 2.05) is 0 Å². The highest BCUT2D eigenvalue weighted by atomic mass is 19.2. The van der Waals surface area contributed by atoms with Gasteiger partial charge in [-0.2, -0.15) is 0 Å². The zero-order valence-electron chi connectivity index (χ0n) is 15.3. The molecule has 0 amide bonds. The number of ketones is 1. The molecule has 0 saturated heterocycles. The molecule has 6 nitrogen and oxygen atoms in total. The number of carbonyl (C=O) groups is 2. The molecule has 1 aromatic heterocycles. The smallest absolute Gasteiger partial charge is 0.336 e. The third-order valence-electron chi connectivity index (χ3n) is 4.98. The Kier molecular flexibility index (Phi) is 4.22. The molecule has 4 rings (SSSR count). The molecular weight excluding hydrogens is 386 g/mol. The van der Waals surface area contributed by atoms with Crippen LogP contribution in [-0.4, -0.2) is 16.9 Å². The van der Waals surface area contributed by atoms with Gasteiger partial charge in [-0.25, -0.2) is 13.6 Å². The number of hydrogen-bond acceptors (Lipinski definition) is 6. The van der Waals surface area contributed by atoms with Crippen molar-refractivity contribution in [1.29, 1.82) is 0 Å². The maximum Gasteiger partial charge on any atom is 0.336 e. The lowest BCUT2D eigenvalue weighted by molar-refractivity contribution is -0.135. The summed E-state index contributed by atoms with van der Waals surface area (Å²) in [6.07, 6.45) is -0.257. The van der Waals surface area contributed by atoms with E-state index in [1.54, 1.807) is 6.92 Å². The molecule has 0 radical (unpaired) electrons. The second-order valence-corrected chi connectivity index (χ2v) is 6.88. The Labute approximate surface area is 162 Å². The van der Waals surface area contributed by atoms with Crippen molar-refractivity contribution in [2.75, 3.05) is 0 Å². The molecule has 29 heavy (non-hydrogen) atoms. The first-order chi connectivity index (χ1) is 13.7. The van der Waals surface area contributed by atoms with E-state index in [9.17, 15) is 28.3 Å². The third-order valence-corrected chi connectivity index (χ3v) is 4.98. The SMILES string of the molecule is CC(=O)c1c2c(c3oc(=O)cc(C)c3c1O)[C@H](c1ccc(F)c(F)c1)CC(=O)O2. The monoisotopic (exact) mass is 400 g/mol. The van der Waals surface area contributed by atoms with Crippen molar-refractivity contribution < 1.29 is 32.6 Å². The highest BCUT2D eigenvalue weighted by molar-refractivity contribution is 6.09. The molecule has 0 unspecified atom stereocenters. The predicted octanol–water partition coefficient (Wildman–Crippen LogP) is 3.73. The normalized spacial score (nSPS) is 15.9. The standard InChI is InChI=1S/C21H14F2O6/c1-8-5-14(25)28-20-16(8)19(27)17(9(2)24)21-18(20)11(7-15(26)29-21)10-3-4-12(22)13(23)6-10/h3-6,11,27H,7H2,1-2H3/t11-/m0/s1. The minimum Gasteiger partial charge on any atom is -0.506 e. The van der Waals surface area contributed by atoms with Crippen molar-refractivity contribution in [1.82, 2.24) is 0 Å². The number of halogens is 2. The number of Topliss-reactive ketones (excluding diaryl/α,β-unsaturated/α-hetero) is 1. The summed E-state index contributed by atoms with van der Waals surface area (Å²) < 4.78 is 37.8. The summed E-state index contributed by atoms with van der Waals surface area (Å²) in [6, 6.07) is 4.30. The molecule has 1 N–H and O–H groups in total. The Balaban J connectivity index is 2.17. The van der Waals surface area contributed by atoms with Gasteiger partial charge in [-0.1, -0.05) is 6.07 Å². The third kappa shape index (κ3) is 2.88. The minimum absolute atomic E-state index is 0.0743. The van der Waals surface area contributed by atoms with Gasteiger partial charge in [0.2, 0.25) is 0 Å². The molecule has 3 aromatic rings. The van der Waals surface area contributed by atoms with Crippen molar-refractivity contribution in [3.63, 3.8) is 0 Å². The first-order valence-corrected chi connectivity index (χ1v) is 8.68. The van der Waals surface area contributed by atoms with Gasteiger partial charge in [-0.05, 0) is 37.1 Å². The van der Waals surface area contributed by atoms with Crippen molar-refractivity contribution in [2.45, 2.75) is 26.2 Å². The number of aromatic hydroxyl groups is 1. The highest BCUT2D eigenvalue weighted by Crippen LogP contribution is 2.49. The van der Waals surface area contributed by atoms with Crippen molar-refractivity contribution >= 4 is 22.7 Å². The van der Waals surface area contributed by atoms with E-state index >= 15 is 0 Å². The molecule has 0 aliphatic carbocycles. The molecule has 2 heterocycles. The van der Waals surface area contributed by atoms with Gasteiger partial charge in [0.25, 0.3) is 0 Å². The summed E-state index contributed by atoms with van der Waals surface area (Å²) in [7, 11) is 0. The number of phenolic OH excluding ortho intramolecular Hbond substituents is 1. The number of hydrogen-bond donors (Lipinski definition) is 1. The first-order valence-electron chi connectivity index (χ1n) is 8.68. The summed E-state index contributed by atoms with van der Waals surface area (Å²) in [6.45, 7) is 2.74. The fourth-order valence-corrected chi connectivity index (χ4v) is 3.75. The topological polar surface area (TPSA) is 93.8 Å². The number of ether oxygens (including phenoxy) is 1. The molecule has 1 atom stereocenters. The van der Waals surface area contributed by atoms with Gasteiger partial charge in [0.15, 0.2) is 23.2 Å². The zero-order chi connectivity index (χ0) is 21.0. The Morgan fingerprint density at radius 1 is 1.17 bits per heavy atom. The van der Waals surface area contributed by atoms with Gasteiger partial charge in [-0.3, -0.25) is 9.59 Å². The first kappa shape index (κ1) is 18.8. The predicted molar refractivity (Wildman–Crippen MR) is 97.3 cm³/mol. The maximum atomic E-state index is 13.9. The van der Waals surface area contributed by atoms with Crippen LogP contribution in [0.3, 0.4) is 0 Å². The molecular formula is C21H14F2O6. The van der Waals surface area contributed by atoms with Crippen molar-refractivity contribution in [3.8, 4) is 11.5 Å². The molecule has 1 aliphatic rings. The molecule has 0 spiro atoms. The second-order valence-electron chi connectivity index (χ2n) is 6.88. The lowest BCUT2D eigenvalue weighted by Gasteiger charge is -2.28. The van der Waals surface area contributed by atoms with Crippen LogP contribution in [0, 0.1) is 18.6 Å². The van der Waals surface area contributed by atoms with Crippen LogP contribution in [0.15, 0.2) is 33.5 Å². The van der Waals surface area contributed by atoms with Gasteiger partial charge < -0.3 is 14.3 Å². The average molecular weight is 400 g/mol. The van der Waals surface area contributed by atoms with Crippen LogP contribution in [0.1, 0.15) is 46.3 Å². The average Bonchev–Trinajstić information content (AvgIpc) is 2.62. The maximum absolute atomic E-state index is 13.9. The van der Waals surface area contributed by atoms with E-state index in [-0.39, 0.29) is 39.8 Å². The summed E-state index contributed by atoms with van der Waals surface area (Å²) in [5.41, 5.74) is -0.310. The van der Waals surface area contributed by atoms with E-state index in [0.29, 0.717) is 5.56 Å². The molecule has 1 aliphatic heterocycles. The number of aryl methyl sites for hydroxylation is 1. The molecule has 148 valence electrons. The molecule has 0 bridgehead atoms. The lowest BCUT2D eigenvalue weighted by atomic mass is 9.82. The van der Waals surface area contributed by atoms with Crippen LogP contribution in [0.25, 0.3) is 11.0 Å². The van der Waals surface area contributed by atoms with E-state index in [0.717, 1.165) is 18.2 Å². The Morgan fingerprint density at radius 2 is 1.90 bits per heavy atom. The number of phenols is 1. The molecule has 2 aromatic carbocycles. The number of rotatable bonds is 2. The number of fused-ring (bicyclic) bond motifs is 3. The van der Waals surface area contributed by atoms with Crippen LogP contribution in [0.5, 0.6) is 11.5 Å². The molecule has 0 saturated carbocycles. The van der Waals surface area contributed by atoms with Gasteiger partial charge in [-0.15, -0.1) is 0 Å². The fourth-order valence-electron chi connectivity index (χ4n) is 3.75. The largest absolute Gasteiger partial charge is 0.506 e. The Hall–Kier alpha value is -3.55. The van der Waals surface area contributed by atoms with Crippen molar-refractivity contribution in [2.24, 2.45) is 0 Å². The minimum atomic E-state index is -1.12. The highest BCUT2D eigenvalue weighted by Gasteiger charge is 2.37. The lowest BCUT2D eigenvalue weighted by Crippen LogP contribution is -2.24. The van der Waals surface area contributed by atoms with Crippen LogP contribution in [0.2, 0.25) is 0 Å². The van der Waals surface area contributed by atoms with E-state index < -0.39 is 40.7 Å². The number of carbonyl (C=O) groups excluding carboxylic acids is 2. The summed E-state index contributed by atoms with van der Waals surface area (Å²) in [5, 5.41) is 10.8. The van der Waals surface area contributed by atoms with Gasteiger partial charge in [0.05, 0.1) is 11.8 Å². The van der Waals surface area contributed by atoms with Crippen LogP contribution in [0.4, 0.5) is 8.78 Å². The van der Waals surface area contributed by atoms with Crippen LogP contribution < -0.4 is 10.4 Å². The summed E-state index contributed by atoms with van der Waals surface area (Å²) in [5.74, 6) is -5.10. The fraction of sp³-hybridized carbons (Fsp3) is 0.190. The van der Waals surface area contributed by atoms with Crippen LogP contribution in [-0.2, 0) is 4.79 Å². The van der Waals surface area contributed by atoms with Gasteiger partial charge in [0.1, 0.15) is 16.9 Å². The molecule has 0 fully saturated rings. The van der Waals surface area contributed by atoms with Crippen molar-refractivity contribution in [3.05, 3.63) is 68.6 Å². The van der Waals surface area contributed by atoms with E-state index in [1.165, 1.54) is 13.0 Å². The van der Waals surface area contributed by atoms with E-state index in [4.69, 9.17) is 9.15 Å². The van der Waals surface area contributed by atoms with Crippen LogP contribution >= 0.6 is 0 Å². The van der Waals surface area contributed by atoms with Gasteiger partial charge in [0, 0.05) is 17.5 Å². The number of benzene rings is 2. The quantitative estimate of drug-likeness (QED) is 0.305. The zero-order valence-corrected chi connectivity index (χ0v) is 15.3. The van der Waals surface area contributed by atoms with Gasteiger partial charge >= 0.3 is 11.6 Å². The van der Waals surface area contributed by atoms with E-state index in [2.05, 4.69) is 0 Å².